The molecule has 0 saturated carbocycles. The highest BCUT2D eigenvalue weighted by molar-refractivity contribution is 5.89. The maximum atomic E-state index is 12.8. The van der Waals surface area contributed by atoms with Gasteiger partial charge >= 0.3 is 6.03 Å². The lowest BCUT2D eigenvalue weighted by molar-refractivity contribution is 0.192. The van der Waals surface area contributed by atoms with Crippen LogP contribution in [0.25, 0.3) is 11.3 Å². The number of nitrogens with zero attached hydrogens (tertiary/aromatic N) is 5. The van der Waals surface area contributed by atoms with E-state index in [1.165, 1.54) is 0 Å². The number of carbonyl (C=O) groups is 1. The Labute approximate surface area is 158 Å². The average Bonchev–Trinajstić information content (AvgIpc) is 3.10. The van der Waals surface area contributed by atoms with E-state index in [4.69, 9.17) is 0 Å². The van der Waals surface area contributed by atoms with Crippen molar-refractivity contribution >= 4 is 11.8 Å². The summed E-state index contributed by atoms with van der Waals surface area (Å²) in [4.78, 5) is 23.0. The molecule has 138 valence electrons. The lowest BCUT2D eigenvalue weighted by atomic mass is 9.95. The third kappa shape index (κ3) is 3.81. The van der Waals surface area contributed by atoms with Crippen molar-refractivity contribution in [3.63, 3.8) is 0 Å². The summed E-state index contributed by atoms with van der Waals surface area (Å²) in [7, 11) is 1.84. The zero-order valence-electron chi connectivity index (χ0n) is 15.2. The predicted octanol–water partition coefficient (Wildman–Crippen LogP) is 3.29. The number of hydrogen-bond donors (Lipinski definition) is 1. The molecule has 3 heterocycles. The standard InChI is InChI=1S/C20H22N6O/c1-25-19(12-18(24-25)15-6-3-2-4-7-15)23-20(27)26-11-5-8-16(13-26)17-9-10-21-14-22-17/h2-4,6-7,9-10,12,14,16H,5,8,11,13H2,1H3,(H,23,27)/t16-/m0/s1. The lowest BCUT2D eigenvalue weighted by Gasteiger charge is -2.32. The normalized spacial score (nSPS) is 16.9. The fourth-order valence-electron chi connectivity index (χ4n) is 3.47. The molecule has 0 aliphatic carbocycles. The molecule has 1 aliphatic heterocycles. The first-order valence-electron chi connectivity index (χ1n) is 9.12. The van der Waals surface area contributed by atoms with Crippen LogP contribution in [0.2, 0.25) is 0 Å². The molecule has 7 nitrogen and oxygen atoms in total. The quantitative estimate of drug-likeness (QED) is 0.776. The van der Waals surface area contributed by atoms with Crippen molar-refractivity contribution in [3.8, 4) is 11.3 Å². The van der Waals surface area contributed by atoms with Gasteiger partial charge in [0.05, 0.1) is 5.69 Å². The number of aromatic nitrogens is 4. The van der Waals surface area contributed by atoms with E-state index in [-0.39, 0.29) is 11.9 Å². The second-order valence-electron chi connectivity index (χ2n) is 6.75. The number of benzene rings is 1. The Morgan fingerprint density at radius 3 is 2.85 bits per heavy atom. The van der Waals surface area contributed by atoms with Crippen LogP contribution < -0.4 is 5.32 Å². The van der Waals surface area contributed by atoms with Crippen molar-refractivity contribution in [3.05, 3.63) is 60.7 Å². The van der Waals surface area contributed by atoms with E-state index in [9.17, 15) is 4.79 Å². The number of rotatable bonds is 3. The van der Waals surface area contributed by atoms with Crippen molar-refractivity contribution in [2.24, 2.45) is 7.05 Å². The minimum Gasteiger partial charge on any atom is -0.324 e. The Morgan fingerprint density at radius 1 is 1.22 bits per heavy atom. The Kier molecular flexibility index (Phi) is 4.82. The van der Waals surface area contributed by atoms with Crippen LogP contribution in [0.4, 0.5) is 10.6 Å². The molecule has 2 amide bonds. The summed E-state index contributed by atoms with van der Waals surface area (Å²) >= 11 is 0. The molecule has 7 heteroatoms. The fourth-order valence-corrected chi connectivity index (χ4v) is 3.47. The second-order valence-corrected chi connectivity index (χ2v) is 6.75. The van der Waals surface area contributed by atoms with Gasteiger partial charge in [0.25, 0.3) is 0 Å². The summed E-state index contributed by atoms with van der Waals surface area (Å²) in [6.45, 7) is 1.41. The van der Waals surface area contributed by atoms with E-state index in [2.05, 4.69) is 20.4 Å². The van der Waals surface area contributed by atoms with Crippen LogP contribution in [-0.2, 0) is 7.05 Å². The van der Waals surface area contributed by atoms with Gasteiger partial charge in [-0.25, -0.2) is 14.8 Å². The molecule has 0 bridgehead atoms. The highest BCUT2D eigenvalue weighted by atomic mass is 16.2. The van der Waals surface area contributed by atoms with E-state index in [0.717, 1.165) is 36.3 Å². The van der Waals surface area contributed by atoms with E-state index in [1.54, 1.807) is 17.2 Å². The van der Waals surface area contributed by atoms with Crippen LogP contribution in [0.3, 0.4) is 0 Å². The summed E-state index contributed by atoms with van der Waals surface area (Å²) in [5, 5.41) is 7.50. The van der Waals surface area contributed by atoms with Crippen molar-refractivity contribution in [1.29, 1.82) is 0 Å². The number of hydrogen-bond acceptors (Lipinski definition) is 4. The fraction of sp³-hybridized carbons (Fsp3) is 0.300. The Bertz CT molecular complexity index is 909. The Morgan fingerprint density at radius 2 is 2.07 bits per heavy atom. The van der Waals surface area contributed by atoms with Gasteiger partial charge in [-0.1, -0.05) is 30.3 Å². The Hall–Kier alpha value is -3.22. The van der Waals surface area contributed by atoms with Crippen LogP contribution in [0.15, 0.2) is 55.0 Å². The predicted molar refractivity (Wildman–Crippen MR) is 103 cm³/mol. The summed E-state index contributed by atoms with van der Waals surface area (Å²) in [6, 6.07) is 13.7. The molecule has 0 unspecified atom stereocenters. The second kappa shape index (κ2) is 7.57. The number of nitrogens with one attached hydrogen (secondary N) is 1. The third-order valence-electron chi connectivity index (χ3n) is 4.92. The SMILES string of the molecule is Cn1nc(-c2ccccc2)cc1NC(=O)N1CCC[C@H](c2ccncn2)C1. The highest BCUT2D eigenvalue weighted by Crippen LogP contribution is 2.26. The molecule has 0 spiro atoms. The minimum absolute atomic E-state index is 0.101. The summed E-state index contributed by atoms with van der Waals surface area (Å²) < 4.78 is 1.70. The molecule has 3 aromatic rings. The van der Waals surface area contributed by atoms with Crippen LogP contribution >= 0.6 is 0 Å². The van der Waals surface area contributed by atoms with Crippen LogP contribution in [-0.4, -0.2) is 43.8 Å². The topological polar surface area (TPSA) is 75.9 Å². The van der Waals surface area contributed by atoms with E-state index in [1.807, 2.05) is 54.4 Å². The third-order valence-corrected chi connectivity index (χ3v) is 4.92. The van der Waals surface area contributed by atoms with Crippen molar-refractivity contribution in [2.75, 3.05) is 18.4 Å². The van der Waals surface area contributed by atoms with E-state index in [0.29, 0.717) is 12.4 Å². The molecule has 0 radical (unpaired) electrons. The van der Waals surface area contributed by atoms with E-state index >= 15 is 0 Å². The lowest BCUT2D eigenvalue weighted by Crippen LogP contribution is -2.42. The van der Waals surface area contributed by atoms with Gasteiger partial charge in [-0.05, 0) is 18.9 Å². The number of urea groups is 1. The van der Waals surface area contributed by atoms with Gasteiger partial charge in [-0.3, -0.25) is 10.00 Å². The Balaban J connectivity index is 1.45. The average molecular weight is 362 g/mol. The zero-order valence-corrected chi connectivity index (χ0v) is 15.2. The molecule has 1 saturated heterocycles. The molecular weight excluding hydrogens is 340 g/mol. The van der Waals surface area contributed by atoms with Gasteiger partial charge in [0, 0.05) is 49.6 Å². The van der Waals surface area contributed by atoms with Crippen LogP contribution in [0.5, 0.6) is 0 Å². The molecule has 1 aromatic carbocycles. The molecule has 1 N–H and O–H groups in total. The van der Waals surface area contributed by atoms with Gasteiger partial charge in [0.15, 0.2) is 0 Å². The van der Waals surface area contributed by atoms with Crippen LogP contribution in [0.1, 0.15) is 24.5 Å². The van der Waals surface area contributed by atoms with Crippen molar-refractivity contribution < 1.29 is 4.79 Å². The highest BCUT2D eigenvalue weighted by Gasteiger charge is 2.26. The van der Waals surface area contributed by atoms with E-state index < -0.39 is 0 Å². The number of amides is 2. The first-order valence-corrected chi connectivity index (χ1v) is 9.12. The smallest absolute Gasteiger partial charge is 0.323 e. The number of likely N-dealkylation sites (tertiary alicyclic amines) is 1. The van der Waals surface area contributed by atoms with Gasteiger partial charge < -0.3 is 4.90 Å². The maximum absolute atomic E-state index is 12.8. The first-order chi connectivity index (χ1) is 13.2. The summed E-state index contributed by atoms with van der Waals surface area (Å²) in [5.74, 6) is 0.932. The minimum atomic E-state index is -0.101. The summed E-state index contributed by atoms with van der Waals surface area (Å²) in [6.07, 6.45) is 5.31. The number of carbonyl (C=O) groups excluding carboxylic acids is 1. The van der Waals surface area contributed by atoms with Gasteiger partial charge in [0.1, 0.15) is 12.1 Å². The molecular formula is C20H22N6O. The number of piperidine rings is 1. The number of anilines is 1. The van der Waals surface area contributed by atoms with Gasteiger partial charge in [-0.15, -0.1) is 0 Å². The monoisotopic (exact) mass is 362 g/mol. The van der Waals surface area contributed by atoms with Crippen LogP contribution in [0, 0.1) is 0 Å². The van der Waals surface area contributed by atoms with Gasteiger partial charge in [0.2, 0.25) is 0 Å². The molecule has 1 fully saturated rings. The largest absolute Gasteiger partial charge is 0.324 e. The van der Waals surface area contributed by atoms with Crippen molar-refractivity contribution in [2.45, 2.75) is 18.8 Å². The molecule has 4 rings (SSSR count). The number of aryl methyl sites for hydroxylation is 1. The maximum Gasteiger partial charge on any atom is 0.323 e. The first kappa shape index (κ1) is 17.2. The molecule has 1 aliphatic rings. The molecule has 2 aromatic heterocycles. The summed E-state index contributed by atoms with van der Waals surface area (Å²) in [5.41, 5.74) is 2.86. The van der Waals surface area contributed by atoms with Gasteiger partial charge in [-0.2, -0.15) is 5.10 Å². The zero-order chi connectivity index (χ0) is 18.6. The van der Waals surface area contributed by atoms with Crippen molar-refractivity contribution in [1.82, 2.24) is 24.6 Å². The molecule has 27 heavy (non-hydrogen) atoms. The molecule has 1 atom stereocenters.